The van der Waals surface area contributed by atoms with Gasteiger partial charge < -0.3 is 9.64 Å². The molecule has 0 bridgehead atoms. The van der Waals surface area contributed by atoms with E-state index in [9.17, 15) is 4.79 Å². The number of para-hydroxylation sites is 1. The first-order valence-corrected chi connectivity index (χ1v) is 9.74. The van der Waals surface area contributed by atoms with Crippen molar-refractivity contribution >= 4 is 5.91 Å². The summed E-state index contributed by atoms with van der Waals surface area (Å²) in [7, 11) is 1.64. The highest BCUT2D eigenvalue weighted by atomic mass is 16.5. The summed E-state index contributed by atoms with van der Waals surface area (Å²) < 4.78 is 7.15. The second kappa shape index (κ2) is 7.89. The predicted molar refractivity (Wildman–Crippen MR) is 110 cm³/mol. The zero-order chi connectivity index (χ0) is 19.5. The van der Waals surface area contributed by atoms with Crippen LogP contribution in [0.25, 0.3) is 16.9 Å². The van der Waals surface area contributed by atoms with Gasteiger partial charge in [-0.1, -0.05) is 37.3 Å². The van der Waals surface area contributed by atoms with Gasteiger partial charge in [0.15, 0.2) is 0 Å². The third kappa shape index (κ3) is 3.65. The Bertz CT molecular complexity index is 957. The van der Waals surface area contributed by atoms with Gasteiger partial charge in [0.2, 0.25) is 0 Å². The second-order valence-corrected chi connectivity index (χ2v) is 7.38. The highest BCUT2D eigenvalue weighted by Crippen LogP contribution is 2.29. The summed E-state index contributed by atoms with van der Waals surface area (Å²) in [4.78, 5) is 15.3. The van der Waals surface area contributed by atoms with E-state index in [0.29, 0.717) is 17.2 Å². The average molecular weight is 375 g/mol. The number of carbonyl (C=O) groups is 1. The van der Waals surface area contributed by atoms with Crippen molar-refractivity contribution in [2.75, 3.05) is 20.2 Å². The largest absolute Gasteiger partial charge is 0.497 e. The minimum Gasteiger partial charge on any atom is -0.497 e. The fraction of sp³-hybridized carbons (Fsp3) is 0.304. The average Bonchev–Trinajstić information content (AvgIpc) is 3.20. The summed E-state index contributed by atoms with van der Waals surface area (Å²) in [5.74, 6) is 1.47. The zero-order valence-corrected chi connectivity index (χ0v) is 16.3. The molecule has 0 saturated carbocycles. The van der Waals surface area contributed by atoms with E-state index in [0.717, 1.165) is 42.9 Å². The molecule has 1 aromatic heterocycles. The number of rotatable bonds is 4. The second-order valence-electron chi connectivity index (χ2n) is 7.38. The Morgan fingerprint density at radius 3 is 2.54 bits per heavy atom. The predicted octanol–water partition coefficient (Wildman–Crippen LogP) is 4.42. The molecule has 2 heterocycles. The van der Waals surface area contributed by atoms with Crippen molar-refractivity contribution in [2.45, 2.75) is 19.8 Å². The molecule has 28 heavy (non-hydrogen) atoms. The minimum atomic E-state index is 0.0481. The van der Waals surface area contributed by atoms with E-state index in [-0.39, 0.29) is 5.91 Å². The van der Waals surface area contributed by atoms with Gasteiger partial charge in [-0.05, 0) is 43.0 Å². The maximum Gasteiger partial charge on any atom is 0.257 e. The number of methoxy groups -OCH3 is 1. The van der Waals surface area contributed by atoms with Crippen molar-refractivity contribution in [1.82, 2.24) is 14.7 Å². The number of carbonyl (C=O) groups excluding carboxylic acids is 1. The molecule has 0 aliphatic carbocycles. The summed E-state index contributed by atoms with van der Waals surface area (Å²) in [5, 5.41) is 4.77. The van der Waals surface area contributed by atoms with Gasteiger partial charge >= 0.3 is 0 Å². The highest BCUT2D eigenvalue weighted by Gasteiger charge is 2.26. The summed E-state index contributed by atoms with van der Waals surface area (Å²) in [6, 6.07) is 17.6. The van der Waals surface area contributed by atoms with Gasteiger partial charge in [-0.25, -0.2) is 4.68 Å². The number of amides is 1. The summed E-state index contributed by atoms with van der Waals surface area (Å²) in [5.41, 5.74) is 3.12. The van der Waals surface area contributed by atoms with Gasteiger partial charge in [-0.2, -0.15) is 5.10 Å². The van der Waals surface area contributed by atoms with Gasteiger partial charge in [-0.15, -0.1) is 0 Å². The number of ether oxygens (including phenoxy) is 1. The van der Waals surface area contributed by atoms with Crippen molar-refractivity contribution in [3.63, 3.8) is 0 Å². The van der Waals surface area contributed by atoms with E-state index in [1.807, 2.05) is 65.7 Å². The lowest BCUT2D eigenvalue weighted by molar-refractivity contribution is 0.0698. The van der Waals surface area contributed by atoms with Crippen LogP contribution in [0.3, 0.4) is 0 Å². The van der Waals surface area contributed by atoms with E-state index in [4.69, 9.17) is 9.84 Å². The monoisotopic (exact) mass is 375 g/mol. The van der Waals surface area contributed by atoms with Crippen LogP contribution in [0.1, 0.15) is 30.1 Å². The van der Waals surface area contributed by atoms with E-state index in [2.05, 4.69) is 6.92 Å². The van der Waals surface area contributed by atoms with E-state index >= 15 is 0 Å². The Hall–Kier alpha value is -3.08. The van der Waals surface area contributed by atoms with Crippen LogP contribution in [0.4, 0.5) is 0 Å². The topological polar surface area (TPSA) is 47.4 Å². The van der Waals surface area contributed by atoms with Crippen molar-refractivity contribution in [1.29, 1.82) is 0 Å². The molecule has 0 N–H and O–H groups in total. The number of benzene rings is 2. The molecule has 1 saturated heterocycles. The maximum absolute atomic E-state index is 13.3. The molecule has 1 aliphatic rings. The van der Waals surface area contributed by atoms with Crippen LogP contribution in [-0.4, -0.2) is 40.8 Å². The molecule has 4 rings (SSSR count). The number of hydrogen-bond donors (Lipinski definition) is 0. The maximum atomic E-state index is 13.3. The summed E-state index contributed by atoms with van der Waals surface area (Å²) >= 11 is 0. The van der Waals surface area contributed by atoms with Gasteiger partial charge in [0.05, 0.1) is 18.4 Å². The Balaban J connectivity index is 1.76. The quantitative estimate of drug-likeness (QED) is 0.678. The fourth-order valence-corrected chi connectivity index (χ4v) is 3.61. The lowest BCUT2D eigenvalue weighted by Gasteiger charge is -2.30. The number of likely N-dealkylation sites (tertiary alicyclic amines) is 1. The van der Waals surface area contributed by atoms with Gasteiger partial charge in [0.1, 0.15) is 11.4 Å². The third-order valence-corrected chi connectivity index (χ3v) is 5.38. The molecule has 1 fully saturated rings. The first-order chi connectivity index (χ1) is 13.7. The molecule has 2 aromatic carbocycles. The van der Waals surface area contributed by atoms with Gasteiger partial charge in [-0.3, -0.25) is 4.79 Å². The fourth-order valence-electron chi connectivity index (χ4n) is 3.61. The third-order valence-electron chi connectivity index (χ3n) is 5.38. The molecular formula is C23H25N3O2. The van der Waals surface area contributed by atoms with E-state index in [1.54, 1.807) is 11.8 Å². The normalized spacial score (nSPS) is 14.9. The molecule has 5 nitrogen and oxygen atoms in total. The first-order valence-electron chi connectivity index (χ1n) is 9.74. The first kappa shape index (κ1) is 18.3. The van der Waals surface area contributed by atoms with Crippen molar-refractivity contribution in [3.8, 4) is 22.7 Å². The Kier molecular flexibility index (Phi) is 5.15. The van der Waals surface area contributed by atoms with Gasteiger partial charge in [0, 0.05) is 24.8 Å². The molecule has 3 aromatic rings. The Morgan fingerprint density at radius 2 is 1.82 bits per heavy atom. The number of aromatic nitrogens is 2. The van der Waals surface area contributed by atoms with E-state index < -0.39 is 0 Å². The molecule has 0 spiro atoms. The molecule has 5 heteroatoms. The number of piperidine rings is 1. The van der Waals surface area contributed by atoms with Crippen molar-refractivity contribution in [3.05, 3.63) is 66.4 Å². The Labute approximate surface area is 165 Å². The van der Waals surface area contributed by atoms with Crippen LogP contribution in [0.2, 0.25) is 0 Å². The lowest BCUT2D eigenvalue weighted by atomic mass is 9.98. The van der Waals surface area contributed by atoms with Gasteiger partial charge in [0.25, 0.3) is 5.91 Å². The zero-order valence-electron chi connectivity index (χ0n) is 16.3. The van der Waals surface area contributed by atoms with Crippen LogP contribution in [-0.2, 0) is 0 Å². The molecule has 1 aliphatic heterocycles. The van der Waals surface area contributed by atoms with Crippen LogP contribution in [0.5, 0.6) is 5.75 Å². The van der Waals surface area contributed by atoms with Crippen LogP contribution >= 0.6 is 0 Å². The molecule has 0 radical (unpaired) electrons. The van der Waals surface area contributed by atoms with Crippen molar-refractivity contribution < 1.29 is 9.53 Å². The Morgan fingerprint density at radius 1 is 1.07 bits per heavy atom. The summed E-state index contributed by atoms with van der Waals surface area (Å²) in [6.45, 7) is 3.85. The van der Waals surface area contributed by atoms with Crippen LogP contribution in [0, 0.1) is 5.92 Å². The summed E-state index contributed by atoms with van der Waals surface area (Å²) in [6.07, 6.45) is 3.95. The van der Waals surface area contributed by atoms with Crippen LogP contribution in [0.15, 0.2) is 60.8 Å². The molecule has 0 atom stereocenters. The molecular weight excluding hydrogens is 350 g/mol. The molecule has 1 amide bonds. The SMILES string of the molecule is COc1cccc(-c2nn(-c3ccccc3)cc2C(=O)N2CCC(C)CC2)c1. The molecule has 0 unspecified atom stereocenters. The lowest BCUT2D eigenvalue weighted by Crippen LogP contribution is -2.38. The van der Waals surface area contributed by atoms with Crippen molar-refractivity contribution in [2.24, 2.45) is 5.92 Å². The number of hydrogen-bond acceptors (Lipinski definition) is 3. The number of nitrogens with zero attached hydrogens (tertiary/aromatic N) is 3. The highest BCUT2D eigenvalue weighted by molar-refractivity contribution is 6.00. The van der Waals surface area contributed by atoms with E-state index in [1.165, 1.54) is 0 Å². The smallest absolute Gasteiger partial charge is 0.257 e. The standard InChI is InChI=1S/C23H25N3O2/c1-17-11-13-25(14-12-17)23(27)21-16-26(19-8-4-3-5-9-19)24-22(21)18-7-6-10-20(15-18)28-2/h3-10,15-17H,11-14H2,1-2H3. The molecule has 144 valence electrons. The van der Waals surface area contributed by atoms with Crippen LogP contribution < -0.4 is 4.74 Å². The minimum absolute atomic E-state index is 0.0481.